The van der Waals surface area contributed by atoms with Gasteiger partial charge in [-0.3, -0.25) is 9.78 Å². The lowest BCUT2D eigenvalue weighted by atomic mass is 10.0. The van der Waals surface area contributed by atoms with Crippen LogP contribution in [0.5, 0.6) is 11.5 Å². The third-order valence-electron chi connectivity index (χ3n) is 5.45. The molecule has 0 spiro atoms. The average molecular weight is 383 g/mol. The van der Waals surface area contributed by atoms with Crippen LogP contribution in [0.1, 0.15) is 28.9 Å². The summed E-state index contributed by atoms with van der Waals surface area (Å²) in [4.78, 5) is 21.6. The number of hydrogen-bond donors (Lipinski definition) is 0. The summed E-state index contributed by atoms with van der Waals surface area (Å²) in [6.45, 7) is 2.52. The number of ether oxygens (including phenoxy) is 2. The fraction of sp³-hybridized carbons (Fsp3) is 0.455. The van der Waals surface area contributed by atoms with Gasteiger partial charge in [-0.2, -0.15) is 0 Å². The zero-order valence-electron chi connectivity index (χ0n) is 16.9. The maximum Gasteiger partial charge on any atom is 0.253 e. The van der Waals surface area contributed by atoms with E-state index in [2.05, 4.69) is 23.0 Å². The molecule has 150 valence electrons. The van der Waals surface area contributed by atoms with Crippen LogP contribution < -0.4 is 9.47 Å². The summed E-state index contributed by atoms with van der Waals surface area (Å²) in [6, 6.07) is 11.9. The molecule has 1 saturated heterocycles. The number of nitrogens with zero attached hydrogens (tertiary/aromatic N) is 3. The number of likely N-dealkylation sites (tertiary alicyclic amines) is 1. The summed E-state index contributed by atoms with van der Waals surface area (Å²) < 4.78 is 10.6. The van der Waals surface area contributed by atoms with Gasteiger partial charge in [-0.1, -0.05) is 6.07 Å². The molecule has 1 aliphatic rings. The molecule has 1 fully saturated rings. The van der Waals surface area contributed by atoms with E-state index < -0.39 is 0 Å². The predicted octanol–water partition coefficient (Wildman–Crippen LogP) is 2.88. The first-order valence-electron chi connectivity index (χ1n) is 9.74. The fourth-order valence-electron chi connectivity index (χ4n) is 3.68. The SMILES string of the molecule is COc1ccc(C(=O)N2CCC(N(C)CCc3ccccn3)CC2)cc1OC. The Bertz CT molecular complexity index is 774. The van der Waals surface area contributed by atoms with Crippen LogP contribution in [0.3, 0.4) is 0 Å². The van der Waals surface area contributed by atoms with Crippen LogP contribution in [0.4, 0.5) is 0 Å². The first-order valence-corrected chi connectivity index (χ1v) is 9.74. The first kappa shape index (κ1) is 20.1. The van der Waals surface area contributed by atoms with Crippen molar-refractivity contribution in [3.8, 4) is 11.5 Å². The van der Waals surface area contributed by atoms with Gasteiger partial charge in [0, 0.05) is 49.6 Å². The molecule has 0 aliphatic carbocycles. The Morgan fingerprint density at radius 3 is 2.54 bits per heavy atom. The van der Waals surface area contributed by atoms with Crippen LogP contribution in [0, 0.1) is 0 Å². The van der Waals surface area contributed by atoms with Crippen molar-refractivity contribution in [1.82, 2.24) is 14.8 Å². The largest absolute Gasteiger partial charge is 0.493 e. The minimum atomic E-state index is 0.0514. The Morgan fingerprint density at radius 2 is 1.89 bits per heavy atom. The molecule has 6 nitrogen and oxygen atoms in total. The van der Waals surface area contributed by atoms with E-state index in [1.54, 1.807) is 32.4 Å². The van der Waals surface area contributed by atoms with Crippen molar-refractivity contribution < 1.29 is 14.3 Å². The molecule has 28 heavy (non-hydrogen) atoms. The Balaban J connectivity index is 1.52. The molecule has 0 saturated carbocycles. The molecular weight excluding hydrogens is 354 g/mol. The number of carbonyl (C=O) groups is 1. The molecule has 6 heteroatoms. The van der Waals surface area contributed by atoms with E-state index >= 15 is 0 Å². The maximum atomic E-state index is 12.9. The molecule has 1 aliphatic heterocycles. The van der Waals surface area contributed by atoms with E-state index in [4.69, 9.17) is 9.47 Å². The van der Waals surface area contributed by atoms with E-state index in [1.165, 1.54) is 0 Å². The molecule has 1 aromatic carbocycles. The van der Waals surface area contributed by atoms with Crippen molar-refractivity contribution in [2.75, 3.05) is 40.9 Å². The molecule has 0 atom stereocenters. The molecule has 0 bridgehead atoms. The van der Waals surface area contributed by atoms with Crippen molar-refractivity contribution in [3.63, 3.8) is 0 Å². The summed E-state index contributed by atoms with van der Waals surface area (Å²) in [7, 11) is 5.34. The van der Waals surface area contributed by atoms with Crippen molar-refractivity contribution in [1.29, 1.82) is 0 Å². The number of methoxy groups -OCH3 is 2. The fourth-order valence-corrected chi connectivity index (χ4v) is 3.68. The van der Waals surface area contributed by atoms with Gasteiger partial charge >= 0.3 is 0 Å². The van der Waals surface area contributed by atoms with Gasteiger partial charge in [-0.15, -0.1) is 0 Å². The number of pyridine rings is 1. The van der Waals surface area contributed by atoms with Crippen LogP contribution in [0.2, 0.25) is 0 Å². The highest BCUT2D eigenvalue weighted by Crippen LogP contribution is 2.28. The van der Waals surface area contributed by atoms with E-state index in [0.29, 0.717) is 23.1 Å². The molecule has 1 aromatic heterocycles. The van der Waals surface area contributed by atoms with Gasteiger partial charge < -0.3 is 19.3 Å². The van der Waals surface area contributed by atoms with Gasteiger partial charge in [0.15, 0.2) is 11.5 Å². The van der Waals surface area contributed by atoms with Gasteiger partial charge in [0.25, 0.3) is 5.91 Å². The topological polar surface area (TPSA) is 54.9 Å². The molecule has 2 aromatic rings. The van der Waals surface area contributed by atoms with Crippen molar-refractivity contribution in [2.24, 2.45) is 0 Å². The zero-order valence-corrected chi connectivity index (χ0v) is 16.9. The predicted molar refractivity (Wildman–Crippen MR) is 109 cm³/mol. The molecular formula is C22H29N3O3. The third-order valence-corrected chi connectivity index (χ3v) is 5.45. The lowest BCUT2D eigenvalue weighted by Gasteiger charge is -2.36. The Kier molecular flexibility index (Phi) is 6.87. The van der Waals surface area contributed by atoms with E-state index in [-0.39, 0.29) is 5.91 Å². The first-order chi connectivity index (χ1) is 13.6. The van der Waals surface area contributed by atoms with Crippen LogP contribution in [-0.4, -0.2) is 67.6 Å². The second-order valence-corrected chi connectivity index (χ2v) is 7.14. The standard InChI is InChI=1S/C22H29N3O3/c1-24(13-9-18-6-4-5-12-23-18)19-10-14-25(15-11-19)22(26)17-7-8-20(27-2)21(16-17)28-3/h4-8,12,16,19H,9-11,13-15H2,1-3H3. The van der Waals surface area contributed by atoms with Gasteiger partial charge in [0.05, 0.1) is 14.2 Å². The number of carbonyl (C=O) groups excluding carboxylic acids is 1. The highest BCUT2D eigenvalue weighted by molar-refractivity contribution is 5.95. The van der Waals surface area contributed by atoms with Crippen molar-refractivity contribution >= 4 is 5.91 Å². The lowest BCUT2D eigenvalue weighted by Crippen LogP contribution is -2.46. The Hall–Kier alpha value is -2.60. The summed E-state index contributed by atoms with van der Waals surface area (Å²) >= 11 is 0. The minimum Gasteiger partial charge on any atom is -0.493 e. The number of likely N-dealkylation sites (N-methyl/N-ethyl adjacent to an activating group) is 1. The monoisotopic (exact) mass is 383 g/mol. The van der Waals surface area contributed by atoms with Crippen molar-refractivity contribution in [3.05, 3.63) is 53.9 Å². The Morgan fingerprint density at radius 1 is 1.14 bits per heavy atom. The average Bonchev–Trinajstić information content (AvgIpc) is 2.77. The normalized spacial score (nSPS) is 14.9. The highest BCUT2D eigenvalue weighted by atomic mass is 16.5. The summed E-state index contributed by atoms with van der Waals surface area (Å²) in [6.07, 6.45) is 4.76. The minimum absolute atomic E-state index is 0.0514. The number of rotatable bonds is 7. The molecule has 0 radical (unpaired) electrons. The van der Waals surface area contributed by atoms with Crippen LogP contribution >= 0.6 is 0 Å². The molecule has 3 rings (SSSR count). The van der Waals surface area contributed by atoms with Gasteiger partial charge in [-0.25, -0.2) is 0 Å². The van der Waals surface area contributed by atoms with Gasteiger partial charge in [0.1, 0.15) is 0 Å². The summed E-state index contributed by atoms with van der Waals surface area (Å²) in [5, 5.41) is 0. The van der Waals surface area contributed by atoms with Crippen LogP contribution in [0.25, 0.3) is 0 Å². The van der Waals surface area contributed by atoms with E-state index in [1.807, 2.05) is 23.2 Å². The molecule has 0 unspecified atom stereocenters. The smallest absolute Gasteiger partial charge is 0.253 e. The van der Waals surface area contributed by atoms with Gasteiger partial charge in [0.2, 0.25) is 0 Å². The number of hydrogen-bond acceptors (Lipinski definition) is 5. The van der Waals surface area contributed by atoms with E-state index in [0.717, 1.165) is 44.6 Å². The molecule has 1 amide bonds. The third kappa shape index (κ3) is 4.81. The summed E-state index contributed by atoms with van der Waals surface area (Å²) in [5.74, 6) is 1.26. The number of aromatic nitrogens is 1. The number of benzene rings is 1. The Labute approximate surface area is 167 Å². The number of amides is 1. The molecule has 0 N–H and O–H groups in total. The quantitative estimate of drug-likeness (QED) is 0.736. The maximum absolute atomic E-state index is 12.9. The highest BCUT2D eigenvalue weighted by Gasteiger charge is 2.26. The summed E-state index contributed by atoms with van der Waals surface area (Å²) in [5.41, 5.74) is 1.76. The van der Waals surface area contributed by atoms with Crippen LogP contribution in [0.15, 0.2) is 42.6 Å². The van der Waals surface area contributed by atoms with Crippen molar-refractivity contribution in [2.45, 2.75) is 25.3 Å². The van der Waals surface area contributed by atoms with Crippen LogP contribution in [-0.2, 0) is 6.42 Å². The second kappa shape index (κ2) is 9.55. The number of piperidine rings is 1. The zero-order chi connectivity index (χ0) is 19.9. The lowest BCUT2D eigenvalue weighted by molar-refractivity contribution is 0.0646. The second-order valence-electron chi connectivity index (χ2n) is 7.14. The van der Waals surface area contributed by atoms with Gasteiger partial charge in [-0.05, 0) is 50.2 Å². The molecule has 2 heterocycles. The van der Waals surface area contributed by atoms with E-state index in [9.17, 15) is 4.79 Å².